The molecule has 0 amide bonds. The first kappa shape index (κ1) is 11.5. The molecule has 2 rings (SSSR count). The predicted molar refractivity (Wildman–Crippen MR) is 64.7 cm³/mol. The SMILES string of the molecule is Fc1ccccc1/C=N/Nc1nccnc1Cl. The largest absolute Gasteiger partial charge is 0.259 e. The van der Waals surface area contributed by atoms with Crippen LogP contribution in [0.25, 0.3) is 0 Å². The Morgan fingerprint density at radius 2 is 2.00 bits per heavy atom. The van der Waals surface area contributed by atoms with Crippen LogP contribution in [-0.4, -0.2) is 16.2 Å². The number of nitrogens with one attached hydrogen (secondary N) is 1. The van der Waals surface area contributed by atoms with Crippen LogP contribution in [0.5, 0.6) is 0 Å². The Morgan fingerprint density at radius 3 is 2.76 bits per heavy atom. The minimum Gasteiger partial charge on any atom is -0.259 e. The van der Waals surface area contributed by atoms with Crippen LogP contribution in [0.15, 0.2) is 41.8 Å². The van der Waals surface area contributed by atoms with Gasteiger partial charge in [0.25, 0.3) is 0 Å². The molecule has 0 saturated heterocycles. The molecule has 1 N–H and O–H groups in total. The normalized spacial score (nSPS) is 10.7. The number of aromatic nitrogens is 2. The summed E-state index contributed by atoms with van der Waals surface area (Å²) in [5.74, 6) is -0.0231. The predicted octanol–water partition coefficient (Wildman–Crippen LogP) is 2.72. The fourth-order valence-electron chi connectivity index (χ4n) is 1.14. The van der Waals surface area contributed by atoms with E-state index in [-0.39, 0.29) is 11.0 Å². The van der Waals surface area contributed by atoms with Gasteiger partial charge in [0, 0.05) is 18.0 Å². The molecule has 0 unspecified atom stereocenters. The maximum absolute atomic E-state index is 13.2. The number of anilines is 1. The van der Waals surface area contributed by atoms with E-state index in [0.717, 1.165) is 0 Å². The van der Waals surface area contributed by atoms with Gasteiger partial charge >= 0.3 is 0 Å². The molecule has 0 spiro atoms. The second-order valence-electron chi connectivity index (χ2n) is 3.09. The number of hydrogen-bond acceptors (Lipinski definition) is 4. The molecule has 17 heavy (non-hydrogen) atoms. The summed E-state index contributed by atoms with van der Waals surface area (Å²) in [7, 11) is 0. The molecular formula is C11H8ClFN4. The zero-order chi connectivity index (χ0) is 12.1. The van der Waals surface area contributed by atoms with Gasteiger partial charge in [0.2, 0.25) is 0 Å². The summed E-state index contributed by atoms with van der Waals surface area (Å²) < 4.78 is 13.2. The summed E-state index contributed by atoms with van der Waals surface area (Å²) in [5, 5.41) is 4.04. The molecule has 2 aromatic rings. The van der Waals surface area contributed by atoms with Crippen LogP contribution in [0, 0.1) is 5.82 Å². The molecule has 1 aromatic carbocycles. The minimum atomic E-state index is -0.344. The highest BCUT2D eigenvalue weighted by atomic mass is 35.5. The topological polar surface area (TPSA) is 50.2 Å². The lowest BCUT2D eigenvalue weighted by Crippen LogP contribution is -1.96. The Kier molecular flexibility index (Phi) is 3.62. The van der Waals surface area contributed by atoms with Gasteiger partial charge in [-0.2, -0.15) is 5.10 Å². The maximum Gasteiger partial charge on any atom is 0.184 e. The first-order valence-corrected chi connectivity index (χ1v) is 5.15. The van der Waals surface area contributed by atoms with Crippen molar-refractivity contribution in [3.63, 3.8) is 0 Å². The number of nitrogens with zero attached hydrogens (tertiary/aromatic N) is 3. The highest BCUT2D eigenvalue weighted by Crippen LogP contribution is 2.13. The lowest BCUT2D eigenvalue weighted by atomic mass is 10.2. The average molecular weight is 251 g/mol. The Labute approximate surface area is 102 Å². The van der Waals surface area contributed by atoms with Crippen molar-refractivity contribution in [2.24, 2.45) is 5.10 Å². The molecule has 0 atom stereocenters. The van der Waals surface area contributed by atoms with Gasteiger partial charge < -0.3 is 0 Å². The molecule has 0 aliphatic carbocycles. The number of benzene rings is 1. The lowest BCUT2D eigenvalue weighted by molar-refractivity contribution is 0.626. The highest BCUT2D eigenvalue weighted by Gasteiger charge is 1.99. The molecule has 4 nitrogen and oxygen atoms in total. The zero-order valence-electron chi connectivity index (χ0n) is 8.64. The minimum absolute atomic E-state index is 0.207. The third-order valence-electron chi connectivity index (χ3n) is 1.93. The molecule has 1 heterocycles. The van der Waals surface area contributed by atoms with Gasteiger partial charge in [0.1, 0.15) is 5.82 Å². The van der Waals surface area contributed by atoms with Crippen molar-refractivity contribution in [1.82, 2.24) is 9.97 Å². The monoisotopic (exact) mass is 250 g/mol. The Balaban J connectivity index is 2.09. The van der Waals surface area contributed by atoms with E-state index in [0.29, 0.717) is 11.4 Å². The molecule has 1 aromatic heterocycles. The third kappa shape index (κ3) is 2.98. The third-order valence-corrected chi connectivity index (χ3v) is 2.21. The summed E-state index contributed by atoms with van der Waals surface area (Å²) in [6.45, 7) is 0. The first-order chi connectivity index (χ1) is 8.27. The Morgan fingerprint density at radius 1 is 1.24 bits per heavy atom. The van der Waals surface area contributed by atoms with Crippen molar-refractivity contribution < 1.29 is 4.39 Å². The van der Waals surface area contributed by atoms with Crippen LogP contribution in [0.4, 0.5) is 10.2 Å². The van der Waals surface area contributed by atoms with Crippen LogP contribution >= 0.6 is 11.6 Å². The van der Waals surface area contributed by atoms with Crippen molar-refractivity contribution >= 4 is 23.6 Å². The zero-order valence-corrected chi connectivity index (χ0v) is 9.39. The van der Waals surface area contributed by atoms with E-state index >= 15 is 0 Å². The van der Waals surface area contributed by atoms with E-state index in [1.165, 1.54) is 24.7 Å². The summed E-state index contributed by atoms with van der Waals surface area (Å²) in [6, 6.07) is 6.30. The standard InChI is InChI=1S/C11H8ClFN4/c12-10-11(15-6-5-14-10)17-16-7-8-3-1-2-4-9(8)13/h1-7H,(H,15,17)/b16-7+. The Hall–Kier alpha value is -2.01. The van der Waals surface area contributed by atoms with Gasteiger partial charge in [-0.1, -0.05) is 29.8 Å². The van der Waals surface area contributed by atoms with Gasteiger partial charge in [-0.15, -0.1) is 0 Å². The molecular weight excluding hydrogens is 243 g/mol. The van der Waals surface area contributed by atoms with Crippen LogP contribution in [-0.2, 0) is 0 Å². The summed E-state index contributed by atoms with van der Waals surface area (Å²) in [5.41, 5.74) is 2.96. The summed E-state index contributed by atoms with van der Waals surface area (Å²) in [4.78, 5) is 7.73. The molecule has 0 aliphatic heterocycles. The summed E-state index contributed by atoms with van der Waals surface area (Å²) >= 11 is 5.75. The van der Waals surface area contributed by atoms with Crippen molar-refractivity contribution in [2.45, 2.75) is 0 Å². The second-order valence-corrected chi connectivity index (χ2v) is 3.45. The van der Waals surface area contributed by atoms with Crippen LogP contribution in [0.1, 0.15) is 5.56 Å². The van der Waals surface area contributed by atoms with Crippen molar-refractivity contribution in [3.05, 3.63) is 53.2 Å². The average Bonchev–Trinajstić information content (AvgIpc) is 2.34. The molecule has 86 valence electrons. The molecule has 0 fully saturated rings. The van der Waals surface area contributed by atoms with Crippen molar-refractivity contribution in [1.29, 1.82) is 0 Å². The van der Waals surface area contributed by atoms with E-state index in [4.69, 9.17) is 11.6 Å². The summed E-state index contributed by atoms with van der Waals surface area (Å²) in [6.07, 6.45) is 4.29. The smallest absolute Gasteiger partial charge is 0.184 e. The fourth-order valence-corrected chi connectivity index (χ4v) is 1.29. The fraction of sp³-hybridized carbons (Fsp3) is 0. The molecule has 0 saturated carbocycles. The van der Waals surface area contributed by atoms with Gasteiger partial charge in [-0.05, 0) is 6.07 Å². The number of hydrazone groups is 1. The van der Waals surface area contributed by atoms with E-state index in [2.05, 4.69) is 20.5 Å². The van der Waals surface area contributed by atoms with Gasteiger partial charge in [-0.3, -0.25) is 5.43 Å². The van der Waals surface area contributed by atoms with Gasteiger partial charge in [0.05, 0.1) is 6.21 Å². The van der Waals surface area contributed by atoms with Crippen molar-refractivity contribution in [3.8, 4) is 0 Å². The van der Waals surface area contributed by atoms with Crippen molar-refractivity contribution in [2.75, 3.05) is 5.43 Å². The molecule has 0 aliphatic rings. The molecule has 6 heteroatoms. The van der Waals surface area contributed by atoms with E-state index in [1.807, 2.05) is 0 Å². The van der Waals surface area contributed by atoms with E-state index < -0.39 is 0 Å². The first-order valence-electron chi connectivity index (χ1n) is 4.77. The van der Waals surface area contributed by atoms with Gasteiger partial charge in [-0.25, -0.2) is 14.4 Å². The highest BCUT2D eigenvalue weighted by molar-refractivity contribution is 6.31. The second kappa shape index (κ2) is 5.36. The Bertz CT molecular complexity index is 544. The van der Waals surface area contributed by atoms with Crippen LogP contribution < -0.4 is 5.43 Å². The van der Waals surface area contributed by atoms with E-state index in [9.17, 15) is 4.39 Å². The molecule has 0 radical (unpaired) electrons. The van der Waals surface area contributed by atoms with Crippen LogP contribution in [0.3, 0.4) is 0 Å². The van der Waals surface area contributed by atoms with Crippen LogP contribution in [0.2, 0.25) is 5.15 Å². The lowest BCUT2D eigenvalue weighted by Gasteiger charge is -2.00. The number of halogens is 2. The quantitative estimate of drug-likeness (QED) is 0.673. The van der Waals surface area contributed by atoms with E-state index in [1.54, 1.807) is 18.2 Å². The maximum atomic E-state index is 13.2. The number of rotatable bonds is 3. The number of hydrogen-bond donors (Lipinski definition) is 1. The van der Waals surface area contributed by atoms with Gasteiger partial charge in [0.15, 0.2) is 11.0 Å². The molecule has 0 bridgehead atoms.